The van der Waals surface area contributed by atoms with Gasteiger partial charge in [0, 0.05) is 34.1 Å². The Morgan fingerprint density at radius 3 is 2.35 bits per heavy atom. The van der Waals surface area contributed by atoms with E-state index < -0.39 is 5.97 Å². The van der Waals surface area contributed by atoms with E-state index in [1.54, 1.807) is 18.5 Å². The minimum Gasteiger partial charge on any atom is -0.313 e. The molecular formula is C21H15BrN2O2. The monoisotopic (exact) mass is 406 g/mol. The van der Waals surface area contributed by atoms with Crippen LogP contribution in [0.15, 0.2) is 94.8 Å². The second kappa shape index (κ2) is 8.87. The van der Waals surface area contributed by atoms with Crippen LogP contribution < -0.4 is 0 Å². The first kappa shape index (κ1) is 17.8. The Kier molecular flexibility index (Phi) is 6.06. The largest absolute Gasteiger partial charge is 0.358 e. The minimum atomic E-state index is -0.551. The summed E-state index contributed by atoms with van der Waals surface area (Å²) in [5, 5.41) is 4.07. The van der Waals surface area contributed by atoms with E-state index in [2.05, 4.69) is 26.1 Å². The number of pyridine rings is 1. The van der Waals surface area contributed by atoms with Gasteiger partial charge in [-0.25, -0.2) is 4.79 Å². The highest BCUT2D eigenvalue weighted by Crippen LogP contribution is 2.15. The molecule has 3 rings (SSSR count). The van der Waals surface area contributed by atoms with Crippen molar-refractivity contribution in [3.05, 3.63) is 106 Å². The summed E-state index contributed by atoms with van der Waals surface area (Å²) >= 11 is 3.40. The van der Waals surface area contributed by atoms with Crippen LogP contribution >= 0.6 is 15.9 Å². The fraction of sp³-hybridized carbons (Fsp3) is 0. The molecule has 1 heterocycles. The molecule has 4 nitrogen and oxygen atoms in total. The molecule has 0 radical (unpaired) electrons. The molecule has 5 heteroatoms. The van der Waals surface area contributed by atoms with Gasteiger partial charge < -0.3 is 4.84 Å². The second-order valence-corrected chi connectivity index (χ2v) is 6.27. The van der Waals surface area contributed by atoms with E-state index in [0.29, 0.717) is 5.71 Å². The van der Waals surface area contributed by atoms with Crippen LogP contribution in [0.1, 0.15) is 16.7 Å². The van der Waals surface area contributed by atoms with Crippen molar-refractivity contribution in [1.82, 2.24) is 4.98 Å². The molecule has 0 saturated carbocycles. The Hall–Kier alpha value is -3.05. The smallest absolute Gasteiger partial charge is 0.313 e. The lowest BCUT2D eigenvalue weighted by Gasteiger charge is -2.06. The molecule has 26 heavy (non-hydrogen) atoms. The molecule has 0 fully saturated rings. The lowest BCUT2D eigenvalue weighted by atomic mass is 10.0. The summed E-state index contributed by atoms with van der Waals surface area (Å²) in [5.74, 6) is -0.551. The molecule has 0 atom stereocenters. The van der Waals surface area contributed by atoms with Crippen LogP contribution in [-0.2, 0) is 9.63 Å². The molecule has 0 aliphatic heterocycles. The zero-order valence-electron chi connectivity index (χ0n) is 13.7. The molecule has 0 N–H and O–H groups in total. The molecule has 2 aromatic carbocycles. The van der Waals surface area contributed by atoms with Gasteiger partial charge in [-0.1, -0.05) is 65.8 Å². The van der Waals surface area contributed by atoms with Crippen molar-refractivity contribution in [3.63, 3.8) is 0 Å². The maximum Gasteiger partial charge on any atom is 0.358 e. The van der Waals surface area contributed by atoms with Crippen molar-refractivity contribution in [2.75, 3.05) is 0 Å². The summed E-state index contributed by atoms with van der Waals surface area (Å²) in [4.78, 5) is 21.3. The second-order valence-electron chi connectivity index (χ2n) is 5.35. The first-order valence-electron chi connectivity index (χ1n) is 7.91. The number of hydrogen-bond acceptors (Lipinski definition) is 4. The number of benzene rings is 2. The molecule has 3 aromatic rings. The first-order valence-corrected chi connectivity index (χ1v) is 8.70. The summed E-state index contributed by atoms with van der Waals surface area (Å²) < 4.78 is 0.814. The average molecular weight is 407 g/mol. The Morgan fingerprint density at radius 2 is 1.65 bits per heavy atom. The standard InChI is InChI=1S/C21H15BrN2O2/c22-19-13-18(14-23-15-19)21(17-9-5-2-6-10-17)24-26-20(25)12-11-16-7-3-1-4-8-16/h1-15H/b12-11+,24-21+. The van der Waals surface area contributed by atoms with E-state index in [1.165, 1.54) is 6.08 Å². The van der Waals surface area contributed by atoms with E-state index in [4.69, 9.17) is 4.84 Å². The maximum absolute atomic E-state index is 12.0. The third kappa shape index (κ3) is 4.97. The molecule has 0 aliphatic carbocycles. The van der Waals surface area contributed by atoms with E-state index in [-0.39, 0.29) is 0 Å². The molecule has 0 bridgehead atoms. The van der Waals surface area contributed by atoms with Crippen LogP contribution in [-0.4, -0.2) is 16.7 Å². The van der Waals surface area contributed by atoms with Gasteiger partial charge in [0.25, 0.3) is 0 Å². The zero-order valence-corrected chi connectivity index (χ0v) is 15.3. The van der Waals surface area contributed by atoms with Gasteiger partial charge in [-0.05, 0) is 33.6 Å². The maximum atomic E-state index is 12.0. The number of oxime groups is 1. The van der Waals surface area contributed by atoms with Crippen LogP contribution in [0.25, 0.3) is 6.08 Å². The highest BCUT2D eigenvalue weighted by Gasteiger charge is 2.10. The Morgan fingerprint density at radius 1 is 0.962 bits per heavy atom. The third-order valence-corrected chi connectivity index (χ3v) is 3.90. The quantitative estimate of drug-likeness (QED) is 0.263. The number of nitrogens with zero attached hydrogens (tertiary/aromatic N) is 2. The van der Waals surface area contributed by atoms with Gasteiger partial charge in [-0.3, -0.25) is 4.98 Å². The van der Waals surface area contributed by atoms with Crippen molar-refractivity contribution in [3.8, 4) is 0 Å². The number of rotatable bonds is 5. The number of halogens is 1. The summed E-state index contributed by atoms with van der Waals surface area (Å²) in [6.45, 7) is 0. The third-order valence-electron chi connectivity index (χ3n) is 3.46. The Labute approximate surface area is 160 Å². The minimum absolute atomic E-state index is 0.529. The van der Waals surface area contributed by atoms with Gasteiger partial charge in [-0.15, -0.1) is 0 Å². The van der Waals surface area contributed by atoms with Gasteiger partial charge in [0.05, 0.1) is 0 Å². The molecule has 0 saturated heterocycles. The van der Waals surface area contributed by atoms with Crippen LogP contribution in [0.2, 0.25) is 0 Å². The Balaban J connectivity index is 1.83. The van der Waals surface area contributed by atoms with Crippen LogP contribution in [0.5, 0.6) is 0 Å². The number of hydrogen-bond donors (Lipinski definition) is 0. The van der Waals surface area contributed by atoms with Gasteiger partial charge >= 0.3 is 5.97 Å². The average Bonchev–Trinajstić information content (AvgIpc) is 2.68. The van der Waals surface area contributed by atoms with Crippen LogP contribution in [0.4, 0.5) is 0 Å². The van der Waals surface area contributed by atoms with Gasteiger partial charge in [-0.2, -0.15) is 0 Å². The first-order chi connectivity index (χ1) is 12.7. The fourth-order valence-electron chi connectivity index (χ4n) is 2.26. The van der Waals surface area contributed by atoms with Crippen molar-refractivity contribution in [1.29, 1.82) is 0 Å². The predicted octanol–water partition coefficient (Wildman–Crippen LogP) is 4.85. The van der Waals surface area contributed by atoms with Crippen molar-refractivity contribution in [2.45, 2.75) is 0 Å². The molecule has 128 valence electrons. The highest BCUT2D eigenvalue weighted by molar-refractivity contribution is 9.10. The van der Waals surface area contributed by atoms with Crippen molar-refractivity contribution < 1.29 is 9.63 Å². The molecule has 0 aliphatic rings. The normalized spacial score (nSPS) is 11.5. The fourth-order valence-corrected chi connectivity index (χ4v) is 2.62. The van der Waals surface area contributed by atoms with Gasteiger partial charge in [0.15, 0.2) is 0 Å². The van der Waals surface area contributed by atoms with E-state index >= 15 is 0 Å². The van der Waals surface area contributed by atoms with E-state index in [9.17, 15) is 4.79 Å². The molecule has 0 amide bonds. The zero-order chi connectivity index (χ0) is 18.2. The number of carbonyl (C=O) groups is 1. The van der Waals surface area contributed by atoms with Gasteiger partial charge in [0.2, 0.25) is 0 Å². The Bertz CT molecular complexity index is 938. The van der Waals surface area contributed by atoms with Crippen LogP contribution in [0.3, 0.4) is 0 Å². The van der Waals surface area contributed by atoms with E-state index in [1.807, 2.05) is 66.7 Å². The predicted molar refractivity (Wildman–Crippen MR) is 106 cm³/mol. The lowest BCUT2D eigenvalue weighted by molar-refractivity contribution is -0.137. The molecule has 0 unspecified atom stereocenters. The lowest BCUT2D eigenvalue weighted by Crippen LogP contribution is -2.07. The van der Waals surface area contributed by atoms with Crippen molar-refractivity contribution in [2.24, 2.45) is 5.16 Å². The highest BCUT2D eigenvalue weighted by atomic mass is 79.9. The molecule has 1 aromatic heterocycles. The van der Waals surface area contributed by atoms with Crippen molar-refractivity contribution >= 4 is 33.7 Å². The topological polar surface area (TPSA) is 51.5 Å². The summed E-state index contributed by atoms with van der Waals surface area (Å²) in [6.07, 6.45) is 6.38. The van der Waals surface area contributed by atoms with E-state index in [0.717, 1.165) is 21.2 Å². The SMILES string of the molecule is O=C(/C=C/c1ccccc1)O/N=C(\c1ccccc1)c1cncc(Br)c1. The molecule has 0 spiro atoms. The molecular weight excluding hydrogens is 392 g/mol. The van der Waals surface area contributed by atoms with Crippen LogP contribution in [0, 0.1) is 0 Å². The number of carbonyl (C=O) groups excluding carboxylic acids is 1. The number of aromatic nitrogens is 1. The summed E-state index contributed by atoms with van der Waals surface area (Å²) in [5.41, 5.74) is 3.01. The van der Waals surface area contributed by atoms with Gasteiger partial charge in [0.1, 0.15) is 5.71 Å². The summed E-state index contributed by atoms with van der Waals surface area (Å²) in [7, 11) is 0. The summed E-state index contributed by atoms with van der Waals surface area (Å²) in [6, 6.07) is 20.9.